The van der Waals surface area contributed by atoms with Crippen molar-refractivity contribution in [3.05, 3.63) is 65.2 Å². The number of hydrogen-bond acceptors (Lipinski definition) is 5. The van der Waals surface area contributed by atoms with Crippen LogP contribution in [-0.4, -0.2) is 20.4 Å². The number of aromatic nitrogens is 2. The SMILES string of the molecule is C=CN=C(Oc1ccccc1)c1ncc([N+](=O)[O-])n1C. The normalized spacial score (nSPS) is 11.2. The second-order valence-electron chi connectivity index (χ2n) is 3.79. The molecule has 0 amide bonds. The molecule has 20 heavy (non-hydrogen) atoms. The molecule has 7 heteroatoms. The highest BCUT2D eigenvalue weighted by atomic mass is 16.6. The van der Waals surface area contributed by atoms with Crippen LogP contribution < -0.4 is 4.74 Å². The number of benzene rings is 1. The summed E-state index contributed by atoms with van der Waals surface area (Å²) in [4.78, 5) is 18.2. The van der Waals surface area contributed by atoms with E-state index in [-0.39, 0.29) is 17.5 Å². The van der Waals surface area contributed by atoms with E-state index < -0.39 is 4.92 Å². The van der Waals surface area contributed by atoms with Crippen LogP contribution in [0.2, 0.25) is 0 Å². The van der Waals surface area contributed by atoms with E-state index in [1.807, 2.05) is 18.2 Å². The predicted molar refractivity (Wildman–Crippen MR) is 73.7 cm³/mol. The Morgan fingerprint density at radius 2 is 2.20 bits per heavy atom. The summed E-state index contributed by atoms with van der Waals surface area (Å²) in [5.74, 6) is 0.800. The molecule has 0 spiro atoms. The van der Waals surface area contributed by atoms with Crippen molar-refractivity contribution in [1.29, 1.82) is 0 Å². The van der Waals surface area contributed by atoms with Crippen LogP contribution in [0.4, 0.5) is 5.82 Å². The first-order valence-corrected chi connectivity index (χ1v) is 5.71. The Kier molecular flexibility index (Phi) is 3.90. The highest BCUT2D eigenvalue weighted by molar-refractivity contribution is 5.93. The molecule has 102 valence electrons. The lowest BCUT2D eigenvalue weighted by atomic mass is 10.3. The average Bonchev–Trinajstić information content (AvgIpc) is 2.81. The van der Waals surface area contributed by atoms with Crippen molar-refractivity contribution in [2.75, 3.05) is 0 Å². The quantitative estimate of drug-likeness (QED) is 0.370. The topological polar surface area (TPSA) is 82.6 Å². The van der Waals surface area contributed by atoms with Gasteiger partial charge in [-0.05, 0) is 17.1 Å². The molecule has 0 saturated heterocycles. The average molecular weight is 272 g/mol. The lowest BCUT2D eigenvalue weighted by Crippen LogP contribution is -2.16. The number of nitro groups is 1. The number of aliphatic imine (C=N–C) groups is 1. The van der Waals surface area contributed by atoms with Crippen LogP contribution in [0.3, 0.4) is 0 Å². The minimum absolute atomic E-state index is 0.141. The van der Waals surface area contributed by atoms with Gasteiger partial charge in [0.25, 0.3) is 11.7 Å². The van der Waals surface area contributed by atoms with E-state index in [1.54, 1.807) is 12.1 Å². The maximum atomic E-state index is 10.8. The van der Waals surface area contributed by atoms with Crippen LogP contribution >= 0.6 is 0 Å². The van der Waals surface area contributed by atoms with Crippen LogP contribution in [0.5, 0.6) is 5.75 Å². The minimum atomic E-state index is -0.523. The van der Waals surface area contributed by atoms with Crippen molar-refractivity contribution in [2.45, 2.75) is 0 Å². The molecule has 0 radical (unpaired) electrons. The number of hydrogen-bond donors (Lipinski definition) is 0. The molecule has 1 heterocycles. The fraction of sp³-hybridized carbons (Fsp3) is 0.0769. The molecule has 0 aliphatic rings. The van der Waals surface area contributed by atoms with Crippen molar-refractivity contribution in [3.8, 4) is 5.75 Å². The number of para-hydroxylation sites is 1. The lowest BCUT2D eigenvalue weighted by Gasteiger charge is -2.05. The van der Waals surface area contributed by atoms with E-state index in [4.69, 9.17) is 4.74 Å². The summed E-state index contributed by atoms with van der Waals surface area (Å²) in [6.45, 7) is 3.50. The van der Waals surface area contributed by atoms with Crippen LogP contribution in [0.25, 0.3) is 0 Å². The fourth-order valence-corrected chi connectivity index (χ4v) is 1.58. The molecule has 0 bridgehead atoms. The molecule has 1 aromatic carbocycles. The lowest BCUT2D eigenvalue weighted by molar-refractivity contribution is -0.391. The smallest absolute Gasteiger partial charge is 0.343 e. The molecule has 2 rings (SSSR count). The van der Waals surface area contributed by atoms with Gasteiger partial charge in [-0.15, -0.1) is 0 Å². The van der Waals surface area contributed by atoms with Crippen molar-refractivity contribution in [1.82, 2.24) is 9.55 Å². The first-order chi connectivity index (χ1) is 9.63. The molecular weight excluding hydrogens is 260 g/mol. The summed E-state index contributed by atoms with van der Waals surface area (Å²) in [6.07, 6.45) is 2.45. The Labute approximate surface area is 115 Å². The first kappa shape index (κ1) is 13.5. The zero-order chi connectivity index (χ0) is 14.5. The molecule has 7 nitrogen and oxygen atoms in total. The molecule has 0 fully saturated rings. The largest absolute Gasteiger partial charge is 0.434 e. The molecule has 0 aliphatic carbocycles. The third-order valence-corrected chi connectivity index (χ3v) is 2.51. The molecular formula is C13H12N4O3. The molecule has 0 unspecified atom stereocenters. The maximum Gasteiger partial charge on any atom is 0.343 e. The van der Waals surface area contributed by atoms with Crippen LogP contribution in [-0.2, 0) is 7.05 Å². The monoisotopic (exact) mass is 272 g/mol. The van der Waals surface area contributed by atoms with Gasteiger partial charge in [0.2, 0.25) is 0 Å². The highest BCUT2D eigenvalue weighted by Gasteiger charge is 2.22. The fourth-order valence-electron chi connectivity index (χ4n) is 1.58. The van der Waals surface area contributed by atoms with Crippen molar-refractivity contribution < 1.29 is 9.66 Å². The van der Waals surface area contributed by atoms with Gasteiger partial charge in [0.05, 0.1) is 7.05 Å². The Balaban J connectivity index is 2.37. The Hall–Kier alpha value is -2.96. The van der Waals surface area contributed by atoms with E-state index in [1.165, 1.54) is 17.8 Å². The van der Waals surface area contributed by atoms with Gasteiger partial charge in [0.15, 0.2) is 0 Å². The van der Waals surface area contributed by atoms with Gasteiger partial charge in [0, 0.05) is 6.20 Å². The van der Waals surface area contributed by atoms with Gasteiger partial charge in [-0.25, -0.2) is 14.5 Å². The van der Waals surface area contributed by atoms with Gasteiger partial charge < -0.3 is 14.9 Å². The summed E-state index contributed by atoms with van der Waals surface area (Å²) in [5, 5.41) is 10.8. The van der Waals surface area contributed by atoms with Gasteiger partial charge >= 0.3 is 5.82 Å². The number of ether oxygens (including phenoxy) is 1. The summed E-state index contributed by atoms with van der Waals surface area (Å²) in [5.41, 5.74) is 0. The molecule has 0 aliphatic heterocycles. The van der Waals surface area contributed by atoms with Crippen molar-refractivity contribution >= 4 is 11.7 Å². The second kappa shape index (κ2) is 5.79. The van der Waals surface area contributed by atoms with Crippen molar-refractivity contribution in [2.24, 2.45) is 12.0 Å². The van der Waals surface area contributed by atoms with Gasteiger partial charge in [-0.1, -0.05) is 24.8 Å². The molecule has 2 aromatic rings. The van der Waals surface area contributed by atoms with Gasteiger partial charge in [-0.3, -0.25) is 0 Å². The van der Waals surface area contributed by atoms with Crippen LogP contribution in [0.1, 0.15) is 5.82 Å². The zero-order valence-corrected chi connectivity index (χ0v) is 10.8. The third-order valence-electron chi connectivity index (χ3n) is 2.51. The highest BCUT2D eigenvalue weighted by Crippen LogP contribution is 2.16. The van der Waals surface area contributed by atoms with Crippen molar-refractivity contribution in [3.63, 3.8) is 0 Å². The van der Waals surface area contributed by atoms with Gasteiger partial charge in [-0.2, -0.15) is 0 Å². The first-order valence-electron chi connectivity index (χ1n) is 5.71. The van der Waals surface area contributed by atoms with Crippen LogP contribution in [0, 0.1) is 10.1 Å². The van der Waals surface area contributed by atoms with E-state index in [0.717, 1.165) is 6.20 Å². The van der Waals surface area contributed by atoms with Crippen LogP contribution in [0.15, 0.2) is 54.3 Å². The molecule has 0 saturated carbocycles. The molecule has 1 aromatic heterocycles. The standard InChI is InChI=1S/C13H12N4O3/c1-3-14-13(20-10-7-5-4-6-8-10)12-15-9-11(16(12)2)17(18)19/h3-9H,1H2,2H3. The Morgan fingerprint density at radius 1 is 1.50 bits per heavy atom. The Bertz CT molecular complexity index is 662. The number of rotatable bonds is 4. The third kappa shape index (κ3) is 2.72. The summed E-state index contributed by atoms with van der Waals surface area (Å²) in [7, 11) is 1.52. The minimum Gasteiger partial charge on any atom is -0.434 e. The molecule has 0 N–H and O–H groups in total. The van der Waals surface area contributed by atoms with E-state index in [0.29, 0.717) is 5.75 Å². The maximum absolute atomic E-state index is 10.8. The van der Waals surface area contributed by atoms with Gasteiger partial charge in [0.1, 0.15) is 11.9 Å². The van der Waals surface area contributed by atoms with E-state index in [9.17, 15) is 10.1 Å². The summed E-state index contributed by atoms with van der Waals surface area (Å²) >= 11 is 0. The summed E-state index contributed by atoms with van der Waals surface area (Å²) in [6, 6.07) is 8.96. The van der Waals surface area contributed by atoms with E-state index in [2.05, 4.69) is 16.6 Å². The Morgan fingerprint density at radius 3 is 2.75 bits per heavy atom. The second-order valence-corrected chi connectivity index (χ2v) is 3.79. The predicted octanol–water partition coefficient (Wildman–Crippen LogP) is 2.30. The summed E-state index contributed by atoms with van der Waals surface area (Å²) < 4.78 is 6.88. The number of nitrogens with zero attached hydrogens (tertiary/aromatic N) is 4. The number of imidazole rings is 1. The zero-order valence-electron chi connectivity index (χ0n) is 10.8. The molecule has 0 atom stereocenters. The van der Waals surface area contributed by atoms with E-state index >= 15 is 0 Å².